The predicted octanol–water partition coefficient (Wildman–Crippen LogP) is 3.75. The molecule has 0 radical (unpaired) electrons. The Morgan fingerprint density at radius 2 is 2.00 bits per heavy atom. The number of rotatable bonds is 2. The summed E-state index contributed by atoms with van der Waals surface area (Å²) in [4.78, 5) is 12.0. The summed E-state index contributed by atoms with van der Waals surface area (Å²) in [5.74, 6) is -1.44. The summed E-state index contributed by atoms with van der Waals surface area (Å²) in [6.45, 7) is 1.78. The van der Waals surface area contributed by atoms with Crippen LogP contribution in [0.15, 0.2) is 36.4 Å². The molecule has 3 nitrogen and oxygen atoms in total. The zero-order valence-corrected chi connectivity index (χ0v) is 10.8. The minimum absolute atomic E-state index is 0.116. The van der Waals surface area contributed by atoms with Crippen LogP contribution >= 0.6 is 11.6 Å². The highest BCUT2D eigenvalue weighted by atomic mass is 35.5. The number of aromatic hydroxyl groups is 1. The van der Waals surface area contributed by atoms with Crippen LogP contribution in [-0.4, -0.2) is 11.0 Å². The summed E-state index contributed by atoms with van der Waals surface area (Å²) in [5.41, 5.74) is 1.21. The number of nitrogens with one attached hydrogen (secondary N) is 1. The van der Waals surface area contributed by atoms with E-state index in [9.17, 15) is 14.3 Å². The highest BCUT2D eigenvalue weighted by molar-refractivity contribution is 6.30. The molecule has 2 rings (SSSR count). The fourth-order valence-electron chi connectivity index (χ4n) is 1.65. The monoisotopic (exact) mass is 279 g/mol. The number of carbonyl (C=O) groups is 1. The maximum Gasteiger partial charge on any atom is 0.259 e. The fourth-order valence-corrected chi connectivity index (χ4v) is 1.87. The molecule has 0 aliphatic rings. The fraction of sp³-hybridized carbons (Fsp3) is 0.0714. The Balaban J connectivity index is 2.28. The standard InChI is InChI=1S/C14H11ClFNO2/c1-8-6-9(15)2-4-12(8)17-14(19)11-7-10(16)3-5-13(11)18/h2-7,18H,1H3,(H,17,19). The van der Waals surface area contributed by atoms with Gasteiger partial charge in [0.05, 0.1) is 5.56 Å². The van der Waals surface area contributed by atoms with E-state index in [0.717, 1.165) is 23.8 Å². The van der Waals surface area contributed by atoms with Crippen LogP contribution in [0.5, 0.6) is 5.75 Å². The lowest BCUT2D eigenvalue weighted by molar-refractivity contribution is 0.102. The van der Waals surface area contributed by atoms with E-state index in [-0.39, 0.29) is 11.3 Å². The minimum atomic E-state index is -0.587. The molecule has 0 unspecified atom stereocenters. The smallest absolute Gasteiger partial charge is 0.259 e. The Kier molecular flexibility index (Phi) is 3.71. The van der Waals surface area contributed by atoms with E-state index in [1.54, 1.807) is 25.1 Å². The highest BCUT2D eigenvalue weighted by Gasteiger charge is 2.13. The summed E-state index contributed by atoms with van der Waals surface area (Å²) in [7, 11) is 0. The Morgan fingerprint density at radius 3 is 2.68 bits per heavy atom. The van der Waals surface area contributed by atoms with Gasteiger partial charge in [-0.3, -0.25) is 4.79 Å². The van der Waals surface area contributed by atoms with E-state index < -0.39 is 11.7 Å². The summed E-state index contributed by atoms with van der Waals surface area (Å²) >= 11 is 5.81. The molecule has 0 aliphatic heterocycles. The molecule has 0 bridgehead atoms. The molecule has 0 aromatic heterocycles. The van der Waals surface area contributed by atoms with E-state index in [1.807, 2.05) is 0 Å². The molecule has 19 heavy (non-hydrogen) atoms. The van der Waals surface area contributed by atoms with Crippen LogP contribution in [0, 0.1) is 12.7 Å². The van der Waals surface area contributed by atoms with Crippen molar-refractivity contribution in [3.63, 3.8) is 0 Å². The molecule has 98 valence electrons. The topological polar surface area (TPSA) is 49.3 Å². The van der Waals surface area contributed by atoms with Crippen molar-refractivity contribution < 1.29 is 14.3 Å². The van der Waals surface area contributed by atoms with Crippen LogP contribution in [-0.2, 0) is 0 Å². The number of phenols is 1. The molecule has 0 aliphatic carbocycles. The molecular weight excluding hydrogens is 269 g/mol. The van der Waals surface area contributed by atoms with Gasteiger partial charge in [0, 0.05) is 10.7 Å². The molecule has 0 saturated carbocycles. The van der Waals surface area contributed by atoms with Crippen LogP contribution in [0.4, 0.5) is 10.1 Å². The van der Waals surface area contributed by atoms with E-state index in [4.69, 9.17) is 11.6 Å². The summed E-state index contributed by atoms with van der Waals surface area (Å²) in [5, 5.41) is 12.7. The van der Waals surface area contributed by atoms with E-state index >= 15 is 0 Å². The van der Waals surface area contributed by atoms with Crippen molar-refractivity contribution in [2.45, 2.75) is 6.92 Å². The number of aryl methyl sites for hydroxylation is 1. The Labute approximate surface area is 114 Å². The average Bonchev–Trinajstić information content (AvgIpc) is 2.35. The van der Waals surface area contributed by atoms with Crippen molar-refractivity contribution >= 4 is 23.2 Å². The number of hydrogen-bond acceptors (Lipinski definition) is 2. The van der Waals surface area contributed by atoms with Crippen LogP contribution in [0.2, 0.25) is 5.02 Å². The molecule has 1 amide bonds. The first-order chi connectivity index (χ1) is 8.97. The van der Waals surface area contributed by atoms with Crippen LogP contribution < -0.4 is 5.32 Å². The van der Waals surface area contributed by atoms with Gasteiger partial charge >= 0.3 is 0 Å². The van der Waals surface area contributed by atoms with Crippen molar-refractivity contribution in [2.75, 3.05) is 5.32 Å². The first-order valence-electron chi connectivity index (χ1n) is 5.53. The van der Waals surface area contributed by atoms with E-state index in [2.05, 4.69) is 5.32 Å². The largest absolute Gasteiger partial charge is 0.507 e. The van der Waals surface area contributed by atoms with Crippen molar-refractivity contribution in [1.82, 2.24) is 0 Å². The lowest BCUT2D eigenvalue weighted by atomic mass is 10.1. The molecule has 2 aromatic carbocycles. The van der Waals surface area contributed by atoms with Gasteiger partial charge in [0.1, 0.15) is 11.6 Å². The van der Waals surface area contributed by atoms with Gasteiger partial charge in [0.2, 0.25) is 0 Å². The quantitative estimate of drug-likeness (QED) is 0.880. The van der Waals surface area contributed by atoms with Crippen molar-refractivity contribution in [2.24, 2.45) is 0 Å². The molecule has 2 N–H and O–H groups in total. The molecular formula is C14H11ClFNO2. The molecule has 0 heterocycles. The van der Waals surface area contributed by atoms with Crippen LogP contribution in [0.3, 0.4) is 0 Å². The average molecular weight is 280 g/mol. The molecule has 0 saturated heterocycles. The zero-order chi connectivity index (χ0) is 14.0. The van der Waals surface area contributed by atoms with Gasteiger partial charge in [0.15, 0.2) is 0 Å². The van der Waals surface area contributed by atoms with Crippen molar-refractivity contribution in [1.29, 1.82) is 0 Å². The number of anilines is 1. The molecule has 2 aromatic rings. The SMILES string of the molecule is Cc1cc(Cl)ccc1NC(=O)c1cc(F)ccc1O. The number of carbonyl (C=O) groups excluding carboxylic acids is 1. The first-order valence-corrected chi connectivity index (χ1v) is 5.91. The predicted molar refractivity (Wildman–Crippen MR) is 72.2 cm³/mol. The van der Waals surface area contributed by atoms with Gasteiger partial charge in [-0.2, -0.15) is 0 Å². The number of hydrogen-bond donors (Lipinski definition) is 2. The summed E-state index contributed by atoms with van der Waals surface area (Å²) in [6, 6.07) is 8.18. The molecule has 0 spiro atoms. The van der Waals surface area contributed by atoms with E-state index in [0.29, 0.717) is 10.7 Å². The minimum Gasteiger partial charge on any atom is -0.507 e. The first kappa shape index (κ1) is 13.4. The normalized spacial score (nSPS) is 10.3. The second-order valence-electron chi connectivity index (χ2n) is 4.07. The van der Waals surface area contributed by atoms with Gasteiger partial charge in [0.25, 0.3) is 5.91 Å². The molecule has 5 heteroatoms. The van der Waals surface area contributed by atoms with Gasteiger partial charge in [-0.25, -0.2) is 4.39 Å². The second-order valence-corrected chi connectivity index (χ2v) is 4.51. The van der Waals surface area contributed by atoms with E-state index in [1.165, 1.54) is 0 Å². The summed E-state index contributed by atoms with van der Waals surface area (Å²) in [6.07, 6.45) is 0. The number of benzene rings is 2. The van der Waals surface area contributed by atoms with Gasteiger partial charge in [-0.15, -0.1) is 0 Å². The number of amides is 1. The van der Waals surface area contributed by atoms with Crippen molar-refractivity contribution in [3.05, 3.63) is 58.4 Å². The third-order valence-electron chi connectivity index (χ3n) is 2.64. The van der Waals surface area contributed by atoms with Gasteiger partial charge in [-0.1, -0.05) is 11.6 Å². The van der Waals surface area contributed by atoms with Crippen LogP contribution in [0.1, 0.15) is 15.9 Å². The lowest BCUT2D eigenvalue weighted by Crippen LogP contribution is -2.13. The third kappa shape index (κ3) is 3.03. The highest BCUT2D eigenvalue weighted by Crippen LogP contribution is 2.23. The number of halogens is 2. The molecule has 0 atom stereocenters. The Hall–Kier alpha value is -2.07. The van der Waals surface area contributed by atoms with Crippen LogP contribution in [0.25, 0.3) is 0 Å². The Morgan fingerprint density at radius 1 is 1.26 bits per heavy atom. The summed E-state index contributed by atoms with van der Waals surface area (Å²) < 4.78 is 13.1. The maximum absolute atomic E-state index is 13.1. The number of phenolic OH excluding ortho intramolecular Hbond substituents is 1. The van der Waals surface area contributed by atoms with Crippen molar-refractivity contribution in [3.8, 4) is 5.75 Å². The Bertz CT molecular complexity index is 643. The van der Waals surface area contributed by atoms with Gasteiger partial charge < -0.3 is 10.4 Å². The third-order valence-corrected chi connectivity index (χ3v) is 2.87. The lowest BCUT2D eigenvalue weighted by Gasteiger charge is -2.09. The maximum atomic E-state index is 13.1. The zero-order valence-electron chi connectivity index (χ0n) is 10.1. The van der Waals surface area contributed by atoms with Gasteiger partial charge in [-0.05, 0) is 48.9 Å². The molecule has 0 fully saturated rings. The second kappa shape index (κ2) is 5.28.